The van der Waals surface area contributed by atoms with Crippen LogP contribution >= 0.6 is 0 Å². The molecule has 118 valence electrons. The van der Waals surface area contributed by atoms with E-state index in [4.69, 9.17) is 4.43 Å². The lowest BCUT2D eigenvalue weighted by Gasteiger charge is -2.50. The molecule has 0 aromatic rings. The Labute approximate surface area is 126 Å². The zero-order chi connectivity index (χ0) is 15.8. The van der Waals surface area contributed by atoms with E-state index in [0.717, 1.165) is 19.3 Å². The van der Waals surface area contributed by atoms with Crippen molar-refractivity contribution in [3.05, 3.63) is 12.2 Å². The Bertz CT molecular complexity index is 352. The highest BCUT2D eigenvalue weighted by Gasteiger charge is 2.47. The smallest absolute Gasteiger partial charge is 0.192 e. The number of aliphatic hydroxyl groups is 1. The van der Waals surface area contributed by atoms with Gasteiger partial charge in [-0.25, -0.2) is 0 Å². The van der Waals surface area contributed by atoms with Crippen molar-refractivity contribution in [1.82, 2.24) is 0 Å². The van der Waals surface area contributed by atoms with Gasteiger partial charge in [0, 0.05) is 6.61 Å². The van der Waals surface area contributed by atoms with Gasteiger partial charge in [-0.2, -0.15) is 0 Å². The van der Waals surface area contributed by atoms with Crippen LogP contribution in [0.1, 0.15) is 53.9 Å². The summed E-state index contributed by atoms with van der Waals surface area (Å²) < 4.78 is 6.70. The molecule has 0 heterocycles. The van der Waals surface area contributed by atoms with E-state index in [1.54, 1.807) is 0 Å². The maximum absolute atomic E-state index is 9.34. The first kappa shape index (κ1) is 17.9. The molecule has 1 aliphatic carbocycles. The maximum Gasteiger partial charge on any atom is 0.192 e. The first-order chi connectivity index (χ1) is 8.93. The van der Waals surface area contributed by atoms with Gasteiger partial charge in [0.25, 0.3) is 0 Å². The second-order valence-corrected chi connectivity index (χ2v) is 13.2. The third-order valence-electron chi connectivity index (χ3n) is 5.61. The van der Waals surface area contributed by atoms with Crippen LogP contribution < -0.4 is 0 Å². The SMILES string of the molecule is C=C1CC[C@H](O[Si](C)(C)C(C)(C)C)C(C)(C)[C@H]1CCO. The van der Waals surface area contributed by atoms with Crippen molar-refractivity contribution in [2.24, 2.45) is 11.3 Å². The van der Waals surface area contributed by atoms with E-state index in [0.29, 0.717) is 5.92 Å². The normalized spacial score (nSPS) is 27.7. The first-order valence-corrected chi connectivity index (χ1v) is 10.8. The molecule has 0 aromatic heterocycles. The van der Waals surface area contributed by atoms with Gasteiger partial charge < -0.3 is 9.53 Å². The molecule has 0 saturated heterocycles. The molecule has 3 heteroatoms. The highest BCUT2D eigenvalue weighted by molar-refractivity contribution is 6.74. The van der Waals surface area contributed by atoms with Gasteiger partial charge in [0.15, 0.2) is 8.32 Å². The van der Waals surface area contributed by atoms with E-state index in [2.05, 4.69) is 54.3 Å². The van der Waals surface area contributed by atoms with Crippen LogP contribution in [0.15, 0.2) is 12.2 Å². The van der Waals surface area contributed by atoms with E-state index < -0.39 is 8.32 Å². The number of hydrogen-bond acceptors (Lipinski definition) is 2. The standard InChI is InChI=1S/C17H34O2Si/c1-13-9-10-15(17(5,6)14(13)11-12-18)19-20(7,8)16(2,3)4/h14-15,18H,1,9-12H2,2-8H3/t14-,15-/m0/s1. The van der Waals surface area contributed by atoms with Crippen molar-refractivity contribution in [2.75, 3.05) is 6.61 Å². The van der Waals surface area contributed by atoms with Crippen molar-refractivity contribution in [3.63, 3.8) is 0 Å². The summed E-state index contributed by atoms with van der Waals surface area (Å²) in [6.07, 6.45) is 3.20. The van der Waals surface area contributed by atoms with Crippen molar-refractivity contribution in [2.45, 2.75) is 78.1 Å². The molecule has 1 rings (SSSR count). The molecule has 0 amide bonds. The summed E-state index contributed by atoms with van der Waals surface area (Å²) >= 11 is 0. The van der Waals surface area contributed by atoms with E-state index in [9.17, 15) is 5.11 Å². The van der Waals surface area contributed by atoms with E-state index in [1.165, 1.54) is 5.57 Å². The Morgan fingerprint density at radius 2 is 1.90 bits per heavy atom. The summed E-state index contributed by atoms with van der Waals surface area (Å²) in [5.41, 5.74) is 1.35. The lowest BCUT2D eigenvalue weighted by molar-refractivity contribution is -0.00434. The van der Waals surface area contributed by atoms with E-state index >= 15 is 0 Å². The summed E-state index contributed by atoms with van der Waals surface area (Å²) in [4.78, 5) is 0. The van der Waals surface area contributed by atoms with E-state index in [-0.39, 0.29) is 23.2 Å². The molecule has 0 unspecified atom stereocenters. The van der Waals surface area contributed by atoms with Gasteiger partial charge in [0.05, 0.1) is 6.10 Å². The minimum atomic E-state index is -1.75. The van der Waals surface area contributed by atoms with Crippen LogP contribution in [0.3, 0.4) is 0 Å². The molecular weight excluding hydrogens is 264 g/mol. The van der Waals surface area contributed by atoms with Crippen molar-refractivity contribution < 1.29 is 9.53 Å². The summed E-state index contributed by atoms with van der Waals surface area (Å²) in [5.74, 6) is 0.371. The predicted octanol–water partition coefficient (Wildman–Crippen LogP) is 4.75. The van der Waals surface area contributed by atoms with Gasteiger partial charge in [-0.3, -0.25) is 0 Å². The molecule has 0 aromatic carbocycles. The van der Waals surface area contributed by atoms with Gasteiger partial charge >= 0.3 is 0 Å². The number of rotatable bonds is 4. The minimum Gasteiger partial charge on any atom is -0.413 e. The topological polar surface area (TPSA) is 29.5 Å². The average Bonchev–Trinajstić information content (AvgIpc) is 2.27. The van der Waals surface area contributed by atoms with Gasteiger partial charge in [0.2, 0.25) is 0 Å². The summed E-state index contributed by atoms with van der Waals surface area (Å²) in [6, 6.07) is 0. The highest BCUT2D eigenvalue weighted by atomic mass is 28.4. The summed E-state index contributed by atoms with van der Waals surface area (Å²) in [7, 11) is -1.75. The largest absolute Gasteiger partial charge is 0.413 e. The second-order valence-electron chi connectivity index (χ2n) is 8.45. The van der Waals surface area contributed by atoms with Gasteiger partial charge in [-0.05, 0) is 48.7 Å². The van der Waals surface area contributed by atoms with Crippen LogP contribution in [0.5, 0.6) is 0 Å². The van der Waals surface area contributed by atoms with Gasteiger partial charge in [-0.1, -0.05) is 46.8 Å². The summed E-state index contributed by atoms with van der Waals surface area (Å²) in [5, 5.41) is 9.58. The lowest BCUT2D eigenvalue weighted by atomic mass is 9.64. The molecule has 0 radical (unpaired) electrons. The highest BCUT2D eigenvalue weighted by Crippen LogP contribution is 2.49. The van der Waals surface area contributed by atoms with Crippen molar-refractivity contribution >= 4 is 8.32 Å². The fraction of sp³-hybridized carbons (Fsp3) is 0.882. The maximum atomic E-state index is 9.34. The van der Waals surface area contributed by atoms with Crippen LogP contribution in [-0.2, 0) is 4.43 Å². The zero-order valence-electron chi connectivity index (χ0n) is 14.5. The van der Waals surface area contributed by atoms with Crippen LogP contribution in [0.4, 0.5) is 0 Å². The van der Waals surface area contributed by atoms with Crippen LogP contribution in [0, 0.1) is 11.3 Å². The molecule has 0 aliphatic heterocycles. The molecular formula is C17H34O2Si. The molecule has 1 saturated carbocycles. The molecule has 1 N–H and O–H groups in total. The monoisotopic (exact) mass is 298 g/mol. The average molecular weight is 299 g/mol. The second kappa shape index (κ2) is 5.94. The fourth-order valence-corrected chi connectivity index (χ4v) is 4.55. The number of allylic oxidation sites excluding steroid dienone is 1. The number of hydrogen-bond donors (Lipinski definition) is 1. The Morgan fingerprint density at radius 1 is 1.35 bits per heavy atom. The molecule has 1 fully saturated rings. The molecule has 2 atom stereocenters. The molecule has 0 bridgehead atoms. The van der Waals surface area contributed by atoms with Gasteiger partial charge in [-0.15, -0.1) is 0 Å². The quantitative estimate of drug-likeness (QED) is 0.599. The molecule has 0 spiro atoms. The Kier molecular flexibility index (Phi) is 5.32. The summed E-state index contributed by atoms with van der Waals surface area (Å²) in [6.45, 7) is 20.6. The Hall–Kier alpha value is -0.123. The van der Waals surface area contributed by atoms with Crippen molar-refractivity contribution in [1.29, 1.82) is 0 Å². The first-order valence-electron chi connectivity index (χ1n) is 7.90. The Morgan fingerprint density at radius 3 is 2.35 bits per heavy atom. The lowest BCUT2D eigenvalue weighted by Crippen LogP contribution is -2.51. The van der Waals surface area contributed by atoms with Crippen molar-refractivity contribution in [3.8, 4) is 0 Å². The minimum absolute atomic E-state index is 0.0631. The third-order valence-corrected chi connectivity index (χ3v) is 10.1. The van der Waals surface area contributed by atoms with Gasteiger partial charge in [0.1, 0.15) is 0 Å². The molecule has 20 heavy (non-hydrogen) atoms. The fourth-order valence-electron chi connectivity index (χ4n) is 3.06. The van der Waals surface area contributed by atoms with Crippen LogP contribution in [-0.4, -0.2) is 26.1 Å². The number of aliphatic hydroxyl groups excluding tert-OH is 1. The van der Waals surface area contributed by atoms with Crippen LogP contribution in [0.2, 0.25) is 18.1 Å². The molecule has 2 nitrogen and oxygen atoms in total. The van der Waals surface area contributed by atoms with Crippen LogP contribution in [0.25, 0.3) is 0 Å². The third kappa shape index (κ3) is 3.55. The predicted molar refractivity (Wildman–Crippen MR) is 89.4 cm³/mol. The van der Waals surface area contributed by atoms with E-state index in [1.807, 2.05) is 0 Å². The zero-order valence-corrected chi connectivity index (χ0v) is 15.5. The molecule has 1 aliphatic rings. The Balaban J connectivity index is 2.93.